The van der Waals surface area contributed by atoms with Gasteiger partial charge in [-0.25, -0.2) is 10.1 Å². The molecule has 1 aliphatic heterocycles. The van der Waals surface area contributed by atoms with Crippen molar-refractivity contribution in [1.82, 2.24) is 4.90 Å². The molecule has 0 aliphatic carbocycles. The molecule has 1 aliphatic rings. The zero-order valence-corrected chi connectivity index (χ0v) is 23.1. The van der Waals surface area contributed by atoms with Crippen LogP contribution >= 0.6 is 0 Å². The number of amides is 2. The molecular weight excluding hydrogens is 518 g/mol. The Morgan fingerprint density at radius 3 is 2.46 bits per heavy atom. The Labute approximate surface area is 238 Å². The monoisotopic (exact) mass is 550 g/mol. The number of nitrogens with zero attached hydrogens (tertiary/aromatic N) is 4. The van der Waals surface area contributed by atoms with Crippen molar-refractivity contribution in [3.63, 3.8) is 0 Å². The van der Waals surface area contributed by atoms with Crippen LogP contribution in [0.2, 0.25) is 0 Å². The van der Waals surface area contributed by atoms with Gasteiger partial charge in [-0.2, -0.15) is 5.26 Å². The summed E-state index contributed by atoms with van der Waals surface area (Å²) in [6, 6.07) is 24.7. The summed E-state index contributed by atoms with van der Waals surface area (Å²) in [7, 11) is 1.53. The van der Waals surface area contributed by atoms with E-state index in [1.807, 2.05) is 53.4 Å². The summed E-state index contributed by atoms with van der Waals surface area (Å²) < 4.78 is 6.60. The number of nitrogens with two attached hydrogens (primary N) is 1. The summed E-state index contributed by atoms with van der Waals surface area (Å²) in [5.41, 5.74) is 3.77. The minimum absolute atomic E-state index is 0.0712. The first-order chi connectivity index (χ1) is 19.9. The van der Waals surface area contributed by atoms with Crippen LogP contribution in [0.4, 0.5) is 17.2 Å². The number of anilines is 3. The van der Waals surface area contributed by atoms with Crippen molar-refractivity contribution >= 4 is 39.9 Å². The number of aromatic nitrogens is 1. The van der Waals surface area contributed by atoms with Crippen LogP contribution in [0.25, 0.3) is 10.9 Å². The number of pyridine rings is 1. The summed E-state index contributed by atoms with van der Waals surface area (Å²) in [5.74, 6) is 6.94. The Morgan fingerprint density at radius 1 is 1.02 bits per heavy atom. The zero-order valence-electron chi connectivity index (χ0n) is 23.1. The molecule has 208 valence electrons. The molecule has 1 fully saturated rings. The van der Waals surface area contributed by atoms with E-state index >= 15 is 0 Å². The molecule has 5 rings (SSSR count). The molecule has 0 atom stereocenters. The number of hydrogen-bond acceptors (Lipinski definition) is 7. The second kappa shape index (κ2) is 11.8. The number of ether oxygens (including phenoxy) is 1. The third-order valence-electron chi connectivity index (χ3n) is 7.31. The average molecular weight is 551 g/mol. The number of benzene rings is 3. The van der Waals surface area contributed by atoms with Gasteiger partial charge in [-0.1, -0.05) is 36.4 Å². The number of fused-ring (bicyclic) bond motifs is 1. The van der Waals surface area contributed by atoms with Crippen LogP contribution in [0.15, 0.2) is 72.8 Å². The normalized spacial score (nSPS) is 13.0. The second-order valence-electron chi connectivity index (χ2n) is 9.80. The fourth-order valence-electron chi connectivity index (χ4n) is 5.05. The highest BCUT2D eigenvalue weighted by Gasteiger charge is 2.28. The molecule has 10 heteroatoms. The van der Waals surface area contributed by atoms with Gasteiger partial charge in [0.25, 0.3) is 0 Å². The Kier molecular flexibility index (Phi) is 7.87. The fraction of sp³-hybridized carbons (Fsp3) is 0.226. The molecule has 41 heavy (non-hydrogen) atoms. The number of nitriles is 1. The van der Waals surface area contributed by atoms with Gasteiger partial charge in [-0.15, -0.1) is 4.68 Å². The molecule has 4 aromatic rings. The van der Waals surface area contributed by atoms with Crippen molar-refractivity contribution in [2.75, 3.05) is 54.7 Å². The Hall–Kier alpha value is -5.30. The van der Waals surface area contributed by atoms with Crippen LogP contribution < -0.4 is 30.8 Å². The lowest BCUT2D eigenvalue weighted by Crippen LogP contribution is -2.49. The van der Waals surface area contributed by atoms with Gasteiger partial charge in [-0.3, -0.25) is 10.6 Å². The van der Waals surface area contributed by atoms with Crippen molar-refractivity contribution in [1.29, 1.82) is 5.26 Å². The predicted molar refractivity (Wildman–Crippen MR) is 158 cm³/mol. The summed E-state index contributed by atoms with van der Waals surface area (Å²) in [4.78, 5) is 29.1. The van der Waals surface area contributed by atoms with Gasteiger partial charge in [0.15, 0.2) is 11.1 Å². The van der Waals surface area contributed by atoms with Gasteiger partial charge in [0.2, 0.25) is 5.91 Å². The van der Waals surface area contributed by atoms with E-state index in [-0.39, 0.29) is 17.3 Å². The largest absolute Gasteiger partial charge is 0.497 e. The van der Waals surface area contributed by atoms with Gasteiger partial charge in [0.1, 0.15) is 11.8 Å². The minimum Gasteiger partial charge on any atom is -0.497 e. The van der Waals surface area contributed by atoms with Gasteiger partial charge < -0.3 is 19.9 Å². The SMILES string of the molecule is COc1cccc(C(=O)Nc2c(C#N)c(NCc3ccccc3)c3cc(N4CCN(C(C)=O)CC4)ccc3[n+]2N)c1. The van der Waals surface area contributed by atoms with E-state index in [2.05, 4.69) is 21.6 Å². The van der Waals surface area contributed by atoms with Crippen LogP contribution in [0.3, 0.4) is 0 Å². The molecule has 1 saturated heterocycles. The lowest BCUT2D eigenvalue weighted by molar-refractivity contribution is -0.596. The van der Waals surface area contributed by atoms with Crippen molar-refractivity contribution in [2.45, 2.75) is 13.5 Å². The highest BCUT2D eigenvalue weighted by molar-refractivity contribution is 6.06. The third-order valence-corrected chi connectivity index (χ3v) is 7.31. The minimum atomic E-state index is -0.423. The first-order valence-corrected chi connectivity index (χ1v) is 13.3. The van der Waals surface area contributed by atoms with Crippen molar-refractivity contribution in [3.8, 4) is 11.8 Å². The van der Waals surface area contributed by atoms with Crippen molar-refractivity contribution < 1.29 is 19.0 Å². The highest BCUT2D eigenvalue weighted by Crippen LogP contribution is 2.33. The molecule has 4 N–H and O–H groups in total. The van der Waals surface area contributed by atoms with E-state index in [0.717, 1.165) is 16.6 Å². The maximum atomic E-state index is 13.3. The van der Waals surface area contributed by atoms with Crippen LogP contribution in [-0.4, -0.2) is 50.0 Å². The van der Waals surface area contributed by atoms with E-state index < -0.39 is 5.91 Å². The Morgan fingerprint density at radius 2 is 1.78 bits per heavy atom. The highest BCUT2D eigenvalue weighted by atomic mass is 16.5. The smallest absolute Gasteiger partial charge is 0.339 e. The molecule has 1 aromatic heterocycles. The Balaban J connectivity index is 1.57. The molecule has 2 amide bonds. The van der Waals surface area contributed by atoms with Crippen LogP contribution in [-0.2, 0) is 11.3 Å². The van der Waals surface area contributed by atoms with E-state index in [9.17, 15) is 14.9 Å². The Bertz CT molecular complexity index is 1640. The van der Waals surface area contributed by atoms with Gasteiger partial charge >= 0.3 is 11.7 Å². The van der Waals surface area contributed by atoms with Crippen molar-refractivity contribution in [2.24, 2.45) is 0 Å². The summed E-state index contributed by atoms with van der Waals surface area (Å²) >= 11 is 0. The summed E-state index contributed by atoms with van der Waals surface area (Å²) in [6.45, 7) is 4.72. The van der Waals surface area contributed by atoms with E-state index in [1.165, 1.54) is 11.8 Å². The van der Waals surface area contributed by atoms with E-state index in [1.54, 1.807) is 31.2 Å². The fourth-order valence-corrected chi connectivity index (χ4v) is 5.05. The first-order valence-electron chi connectivity index (χ1n) is 13.3. The number of piperazine rings is 1. The molecule has 10 nitrogen and oxygen atoms in total. The molecule has 0 radical (unpaired) electrons. The first kappa shape index (κ1) is 27.3. The lowest BCUT2D eigenvalue weighted by atomic mass is 10.1. The zero-order chi connectivity index (χ0) is 28.9. The number of rotatable bonds is 7. The van der Waals surface area contributed by atoms with E-state index in [0.29, 0.717) is 55.2 Å². The molecule has 0 spiro atoms. The molecule has 2 heterocycles. The van der Waals surface area contributed by atoms with Crippen molar-refractivity contribution in [3.05, 3.63) is 89.5 Å². The average Bonchev–Trinajstić information content (AvgIpc) is 3.01. The third kappa shape index (κ3) is 5.70. The van der Waals surface area contributed by atoms with Crippen LogP contribution in [0.1, 0.15) is 28.4 Å². The maximum absolute atomic E-state index is 13.3. The number of methoxy groups -OCH3 is 1. The molecule has 3 aromatic carbocycles. The van der Waals surface area contributed by atoms with Crippen LogP contribution in [0, 0.1) is 11.3 Å². The molecular formula is C31H32N7O3+. The lowest BCUT2D eigenvalue weighted by Gasteiger charge is -2.35. The predicted octanol–water partition coefficient (Wildman–Crippen LogP) is 3.25. The number of carbonyl (C=O) groups excluding carboxylic acids is 2. The van der Waals surface area contributed by atoms with E-state index in [4.69, 9.17) is 10.6 Å². The standard InChI is InChI=1S/C31H31N7O3/c1-21(39)36-13-15-37(16-14-36)24-11-12-28-26(18-24)29(34-20-22-7-4-3-5-8-22)27(19-32)30(38(28)33)35-31(40)23-9-6-10-25(17-23)41-2/h3-12,17-18H,13-16,20,33H2,1-2H3,(H,34,35,40)/p+1. The summed E-state index contributed by atoms with van der Waals surface area (Å²) in [5, 5.41) is 17.4. The number of nitrogen functional groups attached to an aromatic ring is 1. The number of hydrogen-bond donors (Lipinski definition) is 3. The topological polar surface area (TPSA) is 128 Å². The number of nitrogens with one attached hydrogen (secondary N) is 2. The second-order valence-corrected chi connectivity index (χ2v) is 9.80. The molecule has 0 bridgehead atoms. The molecule has 0 unspecified atom stereocenters. The van der Waals surface area contributed by atoms with Gasteiger partial charge in [-0.05, 0) is 42.0 Å². The quantitative estimate of drug-likeness (QED) is 0.238. The van der Waals surface area contributed by atoms with Gasteiger partial charge in [0.05, 0.1) is 23.7 Å². The molecule has 0 saturated carbocycles. The number of carbonyl (C=O) groups is 2. The summed E-state index contributed by atoms with van der Waals surface area (Å²) in [6.07, 6.45) is 0. The van der Waals surface area contributed by atoms with Gasteiger partial charge in [0, 0.05) is 45.3 Å². The maximum Gasteiger partial charge on any atom is 0.339 e. The van der Waals surface area contributed by atoms with Crippen LogP contribution in [0.5, 0.6) is 5.75 Å².